The van der Waals surface area contributed by atoms with E-state index in [4.69, 9.17) is 15.2 Å². The van der Waals surface area contributed by atoms with Crippen molar-refractivity contribution < 1.29 is 14.3 Å². The average Bonchev–Trinajstić information content (AvgIpc) is 2.61. The van der Waals surface area contributed by atoms with E-state index in [0.29, 0.717) is 19.4 Å². The smallest absolute Gasteiger partial charge is 0.220 e. The first-order valence-corrected chi connectivity index (χ1v) is 7.94. The summed E-state index contributed by atoms with van der Waals surface area (Å²) < 4.78 is 10.5. The summed E-state index contributed by atoms with van der Waals surface area (Å²) in [7, 11) is 3.23. The Morgan fingerprint density at radius 3 is 2.17 bits per heavy atom. The zero-order valence-corrected chi connectivity index (χ0v) is 14.2. The van der Waals surface area contributed by atoms with E-state index in [1.807, 2.05) is 42.5 Å². The zero-order valence-electron chi connectivity index (χ0n) is 14.2. The summed E-state index contributed by atoms with van der Waals surface area (Å²) in [6.07, 6.45) is 1.86. The third kappa shape index (κ3) is 5.50. The monoisotopic (exact) mass is 328 g/mol. The molecular weight excluding hydrogens is 304 g/mol. The van der Waals surface area contributed by atoms with Crippen LogP contribution in [0, 0.1) is 0 Å². The SMILES string of the molecule is COc1cc(CCC(=O)NCCc2ccc(N)cc2)cc(OC)c1. The molecule has 2 aromatic rings. The molecule has 5 heteroatoms. The number of nitrogen functional groups attached to an aromatic ring is 1. The van der Waals surface area contributed by atoms with Gasteiger partial charge in [-0.3, -0.25) is 4.79 Å². The highest BCUT2D eigenvalue weighted by atomic mass is 16.5. The van der Waals surface area contributed by atoms with Gasteiger partial charge in [0.05, 0.1) is 14.2 Å². The second-order valence-corrected chi connectivity index (χ2v) is 5.56. The highest BCUT2D eigenvalue weighted by Gasteiger charge is 2.06. The second kappa shape index (κ2) is 8.82. The number of hydrogen-bond acceptors (Lipinski definition) is 4. The van der Waals surface area contributed by atoms with E-state index in [2.05, 4.69) is 5.32 Å². The zero-order chi connectivity index (χ0) is 17.4. The van der Waals surface area contributed by atoms with Crippen LogP contribution in [0.4, 0.5) is 5.69 Å². The lowest BCUT2D eigenvalue weighted by atomic mass is 10.1. The van der Waals surface area contributed by atoms with E-state index in [0.717, 1.165) is 34.7 Å². The first kappa shape index (κ1) is 17.7. The fourth-order valence-electron chi connectivity index (χ4n) is 2.39. The van der Waals surface area contributed by atoms with Crippen LogP contribution in [-0.2, 0) is 17.6 Å². The van der Waals surface area contributed by atoms with Crippen LogP contribution < -0.4 is 20.5 Å². The average molecular weight is 328 g/mol. The lowest BCUT2D eigenvalue weighted by Crippen LogP contribution is -2.25. The summed E-state index contributed by atoms with van der Waals surface area (Å²) in [5, 5.41) is 2.94. The Labute approximate surface area is 142 Å². The molecule has 0 radical (unpaired) electrons. The molecule has 5 nitrogen and oxygen atoms in total. The normalized spacial score (nSPS) is 10.2. The summed E-state index contributed by atoms with van der Waals surface area (Å²) in [6, 6.07) is 13.3. The van der Waals surface area contributed by atoms with Crippen molar-refractivity contribution in [1.29, 1.82) is 0 Å². The molecule has 0 aliphatic heterocycles. The number of nitrogens with two attached hydrogens (primary N) is 1. The molecule has 2 rings (SSSR count). The van der Waals surface area contributed by atoms with Gasteiger partial charge in [-0.25, -0.2) is 0 Å². The van der Waals surface area contributed by atoms with E-state index in [9.17, 15) is 4.79 Å². The number of carbonyl (C=O) groups is 1. The highest BCUT2D eigenvalue weighted by molar-refractivity contribution is 5.76. The van der Waals surface area contributed by atoms with E-state index in [1.54, 1.807) is 14.2 Å². The quantitative estimate of drug-likeness (QED) is 0.731. The van der Waals surface area contributed by atoms with Gasteiger partial charge in [-0.2, -0.15) is 0 Å². The standard InChI is InChI=1S/C19H24N2O3/c1-23-17-11-15(12-18(13-17)24-2)5-8-19(22)21-10-9-14-3-6-16(20)7-4-14/h3-4,6-7,11-13H,5,8-10,20H2,1-2H3,(H,21,22). The summed E-state index contributed by atoms with van der Waals surface area (Å²) in [4.78, 5) is 12.0. The number of carbonyl (C=O) groups excluding carboxylic acids is 1. The third-order valence-electron chi connectivity index (χ3n) is 3.77. The minimum absolute atomic E-state index is 0.0345. The number of nitrogens with one attached hydrogen (secondary N) is 1. The van der Waals surface area contributed by atoms with Crippen LogP contribution in [-0.4, -0.2) is 26.7 Å². The molecule has 0 spiro atoms. The van der Waals surface area contributed by atoms with Crippen LogP contribution in [0.1, 0.15) is 17.5 Å². The fraction of sp³-hybridized carbons (Fsp3) is 0.316. The number of rotatable bonds is 8. The van der Waals surface area contributed by atoms with Crippen molar-refractivity contribution in [3.05, 3.63) is 53.6 Å². The fourth-order valence-corrected chi connectivity index (χ4v) is 2.39. The van der Waals surface area contributed by atoms with Gasteiger partial charge < -0.3 is 20.5 Å². The number of aryl methyl sites for hydroxylation is 1. The number of benzene rings is 2. The van der Waals surface area contributed by atoms with Gasteiger partial charge in [-0.15, -0.1) is 0 Å². The molecule has 0 aromatic heterocycles. The molecule has 0 heterocycles. The van der Waals surface area contributed by atoms with Crippen molar-refractivity contribution in [1.82, 2.24) is 5.32 Å². The molecule has 0 aliphatic carbocycles. The Morgan fingerprint density at radius 2 is 1.58 bits per heavy atom. The van der Waals surface area contributed by atoms with Gasteiger partial charge in [0, 0.05) is 24.7 Å². The third-order valence-corrected chi connectivity index (χ3v) is 3.77. The van der Waals surface area contributed by atoms with Gasteiger partial charge in [-0.1, -0.05) is 12.1 Å². The van der Waals surface area contributed by atoms with E-state index < -0.39 is 0 Å². The number of ether oxygens (including phenoxy) is 2. The molecule has 0 atom stereocenters. The molecule has 128 valence electrons. The van der Waals surface area contributed by atoms with Crippen LogP contribution in [0.5, 0.6) is 11.5 Å². The van der Waals surface area contributed by atoms with Crippen molar-refractivity contribution in [2.45, 2.75) is 19.3 Å². The lowest BCUT2D eigenvalue weighted by Gasteiger charge is -2.09. The van der Waals surface area contributed by atoms with Gasteiger partial charge in [0.25, 0.3) is 0 Å². The Morgan fingerprint density at radius 1 is 0.958 bits per heavy atom. The predicted octanol–water partition coefficient (Wildman–Crippen LogP) is 2.58. The van der Waals surface area contributed by atoms with Crippen LogP contribution in [0.3, 0.4) is 0 Å². The Hall–Kier alpha value is -2.69. The molecule has 24 heavy (non-hydrogen) atoms. The molecule has 0 aliphatic rings. The second-order valence-electron chi connectivity index (χ2n) is 5.56. The summed E-state index contributed by atoms with van der Waals surface area (Å²) >= 11 is 0. The first-order valence-electron chi connectivity index (χ1n) is 7.94. The molecule has 0 saturated heterocycles. The number of amides is 1. The minimum atomic E-state index is 0.0345. The van der Waals surface area contributed by atoms with Crippen molar-refractivity contribution in [2.24, 2.45) is 0 Å². The lowest BCUT2D eigenvalue weighted by molar-refractivity contribution is -0.121. The van der Waals surface area contributed by atoms with Gasteiger partial charge >= 0.3 is 0 Å². The molecular formula is C19H24N2O3. The predicted molar refractivity (Wildman–Crippen MR) is 95.4 cm³/mol. The van der Waals surface area contributed by atoms with Crippen molar-refractivity contribution >= 4 is 11.6 Å². The van der Waals surface area contributed by atoms with Crippen LogP contribution >= 0.6 is 0 Å². The van der Waals surface area contributed by atoms with Gasteiger partial charge in [0.15, 0.2) is 0 Å². The summed E-state index contributed by atoms with van der Waals surface area (Å²) in [5.41, 5.74) is 8.57. The van der Waals surface area contributed by atoms with Crippen LogP contribution in [0.15, 0.2) is 42.5 Å². The minimum Gasteiger partial charge on any atom is -0.497 e. The Kier molecular flexibility index (Phi) is 6.49. The molecule has 2 aromatic carbocycles. The summed E-state index contributed by atoms with van der Waals surface area (Å²) in [6.45, 7) is 0.615. The molecule has 1 amide bonds. The molecule has 0 saturated carbocycles. The van der Waals surface area contributed by atoms with E-state index >= 15 is 0 Å². The summed E-state index contributed by atoms with van der Waals surface area (Å²) in [5.74, 6) is 1.49. The maximum Gasteiger partial charge on any atom is 0.220 e. The molecule has 0 fully saturated rings. The molecule has 3 N–H and O–H groups in total. The van der Waals surface area contributed by atoms with E-state index in [1.165, 1.54) is 0 Å². The maximum atomic E-state index is 12.0. The largest absolute Gasteiger partial charge is 0.497 e. The number of hydrogen-bond donors (Lipinski definition) is 2. The van der Waals surface area contributed by atoms with Crippen molar-refractivity contribution in [2.75, 3.05) is 26.5 Å². The number of anilines is 1. The highest BCUT2D eigenvalue weighted by Crippen LogP contribution is 2.23. The van der Waals surface area contributed by atoms with Gasteiger partial charge in [0.2, 0.25) is 5.91 Å². The van der Waals surface area contributed by atoms with Crippen molar-refractivity contribution in [3.8, 4) is 11.5 Å². The Bertz CT molecular complexity index is 647. The topological polar surface area (TPSA) is 73.6 Å². The van der Waals surface area contributed by atoms with Gasteiger partial charge in [0.1, 0.15) is 11.5 Å². The van der Waals surface area contributed by atoms with Crippen LogP contribution in [0.25, 0.3) is 0 Å². The van der Waals surface area contributed by atoms with Crippen molar-refractivity contribution in [3.63, 3.8) is 0 Å². The van der Waals surface area contributed by atoms with E-state index in [-0.39, 0.29) is 5.91 Å². The molecule has 0 unspecified atom stereocenters. The molecule has 0 bridgehead atoms. The van der Waals surface area contributed by atoms with Crippen LogP contribution in [0.2, 0.25) is 0 Å². The maximum absolute atomic E-state index is 12.0. The van der Waals surface area contributed by atoms with Gasteiger partial charge in [-0.05, 0) is 48.2 Å². The Balaban J connectivity index is 1.77. The first-order chi connectivity index (χ1) is 11.6. The number of methoxy groups -OCH3 is 2.